The number of ether oxygens (including phenoxy) is 1. The van der Waals surface area contributed by atoms with E-state index in [2.05, 4.69) is 25.3 Å². The zero-order chi connectivity index (χ0) is 7.82. The maximum atomic E-state index is 4.68. The summed E-state index contributed by atoms with van der Waals surface area (Å²) in [7, 11) is 3.30. The molecule has 1 nitrogen and oxygen atoms in total. The van der Waals surface area contributed by atoms with Crippen LogP contribution in [0, 0.1) is 13.0 Å². The third-order valence-electron chi connectivity index (χ3n) is 1.60. The predicted octanol–water partition coefficient (Wildman–Crippen LogP) is 2.79. The molecule has 1 unspecified atom stereocenters. The van der Waals surface area contributed by atoms with Crippen molar-refractivity contribution < 1.29 is 4.74 Å². The maximum absolute atomic E-state index is 4.68. The highest BCUT2D eigenvalue weighted by Crippen LogP contribution is 2.07. The highest BCUT2D eigenvalue weighted by molar-refractivity contribution is 4.74. The van der Waals surface area contributed by atoms with Crippen molar-refractivity contribution in [3.63, 3.8) is 0 Å². The fourth-order valence-corrected chi connectivity index (χ4v) is 0.788. The van der Waals surface area contributed by atoms with Gasteiger partial charge in [-0.2, -0.15) is 0 Å². The normalized spacial score (nSPS) is 13.0. The molecule has 0 N–H and O–H groups in total. The Morgan fingerprint density at radius 3 is 2.70 bits per heavy atom. The molecule has 0 aromatic heterocycles. The lowest BCUT2D eigenvalue weighted by atomic mass is 10.1. The second-order valence-corrected chi connectivity index (χ2v) is 2.62. The van der Waals surface area contributed by atoms with Crippen molar-refractivity contribution in [2.75, 3.05) is 6.61 Å². The molecule has 10 heavy (non-hydrogen) atoms. The number of rotatable bonds is 6. The summed E-state index contributed by atoms with van der Waals surface area (Å²) in [6.45, 7) is 6.68. The second-order valence-electron chi connectivity index (χ2n) is 2.62. The Morgan fingerprint density at radius 2 is 2.20 bits per heavy atom. The van der Waals surface area contributed by atoms with Gasteiger partial charge >= 0.3 is 0 Å². The van der Waals surface area contributed by atoms with Gasteiger partial charge in [0.15, 0.2) is 0 Å². The summed E-state index contributed by atoms with van der Waals surface area (Å²) in [5.41, 5.74) is 0. The molecule has 0 saturated carbocycles. The summed E-state index contributed by atoms with van der Waals surface area (Å²) >= 11 is 0. The van der Waals surface area contributed by atoms with E-state index in [0.29, 0.717) is 5.92 Å². The Balaban J connectivity index is 2.95. The van der Waals surface area contributed by atoms with E-state index >= 15 is 0 Å². The van der Waals surface area contributed by atoms with E-state index in [0.717, 1.165) is 13.0 Å². The molecule has 0 fully saturated rings. The number of allylic oxidation sites excluding steroid dienone is 1. The molecule has 0 heterocycles. The summed E-state index contributed by atoms with van der Waals surface area (Å²) in [6, 6.07) is 0. The zero-order valence-electron chi connectivity index (χ0n) is 6.81. The summed E-state index contributed by atoms with van der Waals surface area (Å²) in [6.07, 6.45) is 5.53. The van der Waals surface area contributed by atoms with Gasteiger partial charge in [-0.25, -0.2) is 0 Å². The average Bonchev–Trinajstić information content (AvgIpc) is 1.98. The molecule has 1 atom stereocenters. The van der Waals surface area contributed by atoms with Crippen LogP contribution in [-0.2, 0) is 4.74 Å². The largest absolute Gasteiger partial charge is 0.379 e. The molecule has 0 aromatic carbocycles. The minimum Gasteiger partial charge on any atom is -0.379 e. The van der Waals surface area contributed by atoms with Gasteiger partial charge in [-0.05, 0) is 18.8 Å². The summed E-state index contributed by atoms with van der Waals surface area (Å²) in [5, 5.41) is 0. The van der Waals surface area contributed by atoms with Gasteiger partial charge in [0.2, 0.25) is 0 Å². The first kappa shape index (κ1) is 9.70. The molecule has 0 aromatic rings. The molecular weight excluding hydrogens is 124 g/mol. The molecular formula is C9H17O. The number of hydrogen-bond acceptors (Lipinski definition) is 1. The summed E-state index contributed by atoms with van der Waals surface area (Å²) in [4.78, 5) is 0. The fraction of sp³-hybridized carbons (Fsp3) is 0.667. The molecule has 0 amide bonds. The number of unbranched alkanes of at least 4 members (excludes halogenated alkanes) is 1. The van der Waals surface area contributed by atoms with Gasteiger partial charge in [0, 0.05) is 6.61 Å². The fourth-order valence-electron chi connectivity index (χ4n) is 0.788. The minimum atomic E-state index is 0.643. The van der Waals surface area contributed by atoms with Gasteiger partial charge in [-0.15, -0.1) is 6.58 Å². The van der Waals surface area contributed by atoms with Gasteiger partial charge in [0.25, 0.3) is 0 Å². The van der Waals surface area contributed by atoms with Crippen LogP contribution < -0.4 is 0 Å². The standard InChI is InChI=1S/C9H17O/c1-4-9(2)7-5-6-8-10-3/h4,9H,1,3,5-8H2,2H3. The Labute approximate surface area is 64.1 Å². The second kappa shape index (κ2) is 6.81. The van der Waals surface area contributed by atoms with Crippen LogP contribution in [0.25, 0.3) is 0 Å². The lowest BCUT2D eigenvalue weighted by Gasteiger charge is -2.03. The van der Waals surface area contributed by atoms with Gasteiger partial charge < -0.3 is 4.74 Å². The Kier molecular flexibility index (Phi) is 6.61. The van der Waals surface area contributed by atoms with E-state index in [4.69, 9.17) is 0 Å². The smallest absolute Gasteiger partial charge is 0.0700 e. The van der Waals surface area contributed by atoms with Crippen molar-refractivity contribution >= 4 is 0 Å². The molecule has 0 saturated heterocycles. The Hall–Kier alpha value is -0.300. The van der Waals surface area contributed by atoms with E-state index < -0.39 is 0 Å². The van der Waals surface area contributed by atoms with Crippen molar-refractivity contribution in [1.82, 2.24) is 0 Å². The lowest BCUT2D eigenvalue weighted by Crippen LogP contribution is -1.91. The molecule has 0 spiro atoms. The van der Waals surface area contributed by atoms with Gasteiger partial charge in [0.1, 0.15) is 0 Å². The average molecular weight is 141 g/mol. The third-order valence-corrected chi connectivity index (χ3v) is 1.60. The molecule has 0 aliphatic heterocycles. The lowest BCUT2D eigenvalue weighted by molar-refractivity contribution is 0.232. The van der Waals surface area contributed by atoms with E-state index in [9.17, 15) is 0 Å². The molecule has 0 bridgehead atoms. The monoisotopic (exact) mass is 141 g/mol. The first-order chi connectivity index (χ1) is 4.81. The third kappa shape index (κ3) is 5.83. The zero-order valence-corrected chi connectivity index (χ0v) is 6.81. The van der Waals surface area contributed by atoms with Crippen LogP contribution >= 0.6 is 0 Å². The Bertz CT molecular complexity index is 78.8. The minimum absolute atomic E-state index is 0.643. The first-order valence-corrected chi connectivity index (χ1v) is 3.80. The van der Waals surface area contributed by atoms with Crippen LogP contribution in [0.1, 0.15) is 26.2 Å². The van der Waals surface area contributed by atoms with E-state index in [1.54, 1.807) is 0 Å². The summed E-state index contributed by atoms with van der Waals surface area (Å²) in [5.74, 6) is 0.643. The van der Waals surface area contributed by atoms with Crippen LogP contribution in [0.2, 0.25) is 0 Å². The highest BCUT2D eigenvalue weighted by atomic mass is 16.5. The maximum Gasteiger partial charge on any atom is 0.0700 e. The molecule has 0 aliphatic carbocycles. The van der Waals surface area contributed by atoms with Gasteiger partial charge in [-0.1, -0.05) is 19.4 Å². The van der Waals surface area contributed by atoms with E-state index in [1.807, 2.05) is 6.08 Å². The van der Waals surface area contributed by atoms with Crippen molar-refractivity contribution in [3.8, 4) is 0 Å². The number of hydrogen-bond donors (Lipinski definition) is 0. The molecule has 1 heteroatoms. The van der Waals surface area contributed by atoms with Crippen molar-refractivity contribution in [2.24, 2.45) is 5.92 Å². The quantitative estimate of drug-likeness (QED) is 0.408. The van der Waals surface area contributed by atoms with Crippen LogP contribution in [0.3, 0.4) is 0 Å². The Morgan fingerprint density at radius 1 is 1.50 bits per heavy atom. The van der Waals surface area contributed by atoms with Crippen molar-refractivity contribution in [2.45, 2.75) is 26.2 Å². The van der Waals surface area contributed by atoms with Gasteiger partial charge in [0.05, 0.1) is 7.11 Å². The highest BCUT2D eigenvalue weighted by Gasteiger charge is 1.94. The molecule has 59 valence electrons. The first-order valence-electron chi connectivity index (χ1n) is 3.80. The predicted molar refractivity (Wildman–Crippen MR) is 44.5 cm³/mol. The topological polar surface area (TPSA) is 9.23 Å². The molecule has 0 aliphatic rings. The van der Waals surface area contributed by atoms with Crippen molar-refractivity contribution in [1.29, 1.82) is 0 Å². The molecule has 0 rings (SSSR count). The summed E-state index contributed by atoms with van der Waals surface area (Å²) < 4.78 is 4.68. The van der Waals surface area contributed by atoms with Gasteiger partial charge in [-0.3, -0.25) is 0 Å². The van der Waals surface area contributed by atoms with Crippen LogP contribution in [-0.4, -0.2) is 6.61 Å². The van der Waals surface area contributed by atoms with E-state index in [1.165, 1.54) is 12.8 Å². The van der Waals surface area contributed by atoms with Crippen LogP contribution in [0.15, 0.2) is 12.7 Å². The van der Waals surface area contributed by atoms with E-state index in [-0.39, 0.29) is 0 Å². The SMILES string of the molecule is [CH2]OCCCCC(C)C=C. The van der Waals surface area contributed by atoms with Crippen LogP contribution in [0.4, 0.5) is 0 Å². The van der Waals surface area contributed by atoms with Crippen LogP contribution in [0.5, 0.6) is 0 Å². The molecule has 1 radical (unpaired) electrons. The van der Waals surface area contributed by atoms with Crippen molar-refractivity contribution in [3.05, 3.63) is 19.8 Å².